The zero-order valence-corrected chi connectivity index (χ0v) is 12.8. The zero-order valence-electron chi connectivity index (χ0n) is 12.8. The lowest BCUT2D eigenvalue weighted by Crippen LogP contribution is -2.44. The quantitative estimate of drug-likeness (QED) is 0.722. The molecular weight excluding hydrogens is 270 g/mol. The van der Waals surface area contributed by atoms with Crippen LogP contribution in [-0.2, 0) is 9.59 Å². The van der Waals surface area contributed by atoms with E-state index in [2.05, 4.69) is 5.32 Å². The highest BCUT2D eigenvalue weighted by Crippen LogP contribution is 2.38. The van der Waals surface area contributed by atoms with Crippen LogP contribution < -0.4 is 5.32 Å². The largest absolute Gasteiger partial charge is 0.481 e. The smallest absolute Gasteiger partial charge is 0.307 e. The van der Waals surface area contributed by atoms with E-state index in [0.717, 1.165) is 25.7 Å². The van der Waals surface area contributed by atoms with Gasteiger partial charge in [0, 0.05) is 12.0 Å². The summed E-state index contributed by atoms with van der Waals surface area (Å²) in [6, 6.07) is 0. The van der Waals surface area contributed by atoms with E-state index >= 15 is 0 Å². The van der Waals surface area contributed by atoms with Crippen molar-refractivity contribution in [1.82, 2.24) is 5.32 Å². The number of carbonyl (C=O) groups is 2. The maximum atomic E-state index is 12.4. The third kappa shape index (κ3) is 3.76. The van der Waals surface area contributed by atoms with Gasteiger partial charge in [-0.1, -0.05) is 26.2 Å². The first-order valence-electron chi connectivity index (χ1n) is 8.09. The Balaban J connectivity index is 1.92. The molecule has 2 aliphatic rings. The lowest BCUT2D eigenvalue weighted by Gasteiger charge is -2.36. The van der Waals surface area contributed by atoms with Crippen molar-refractivity contribution in [3.8, 4) is 0 Å². The van der Waals surface area contributed by atoms with Gasteiger partial charge in [0.05, 0.1) is 18.4 Å². The highest BCUT2D eigenvalue weighted by molar-refractivity contribution is 5.85. The van der Waals surface area contributed by atoms with Gasteiger partial charge in [-0.2, -0.15) is 0 Å². The molecule has 21 heavy (non-hydrogen) atoms. The lowest BCUT2D eigenvalue weighted by molar-refractivity contribution is -0.146. The summed E-state index contributed by atoms with van der Waals surface area (Å²) in [5, 5.41) is 21.8. The number of carboxylic acid groups (broad SMARTS) is 1. The second-order valence-corrected chi connectivity index (χ2v) is 7.06. The van der Waals surface area contributed by atoms with Crippen molar-refractivity contribution in [3.05, 3.63) is 0 Å². The molecule has 0 spiro atoms. The summed E-state index contributed by atoms with van der Waals surface area (Å²) >= 11 is 0. The standard InChI is InChI=1S/C16H27NO4/c1-11-7-12(13(8-11)15(20)21)14(19)17-9-16(10-18)5-3-2-4-6-16/h11-13,18H,2-10H2,1H3,(H,17,19)(H,20,21)/t11?,12-,13+/m0/s1. The second-order valence-electron chi connectivity index (χ2n) is 7.06. The minimum atomic E-state index is -0.867. The van der Waals surface area contributed by atoms with Gasteiger partial charge in [0.15, 0.2) is 0 Å². The Hall–Kier alpha value is -1.10. The maximum absolute atomic E-state index is 12.4. The van der Waals surface area contributed by atoms with Crippen LogP contribution in [0.15, 0.2) is 0 Å². The van der Waals surface area contributed by atoms with Gasteiger partial charge < -0.3 is 15.5 Å². The van der Waals surface area contributed by atoms with Gasteiger partial charge in [0.25, 0.3) is 0 Å². The molecule has 120 valence electrons. The molecule has 0 aliphatic heterocycles. The van der Waals surface area contributed by atoms with Gasteiger partial charge in [-0.25, -0.2) is 0 Å². The van der Waals surface area contributed by atoms with Crippen molar-refractivity contribution in [3.63, 3.8) is 0 Å². The van der Waals surface area contributed by atoms with Crippen molar-refractivity contribution < 1.29 is 19.8 Å². The van der Waals surface area contributed by atoms with Crippen LogP contribution in [0.5, 0.6) is 0 Å². The maximum Gasteiger partial charge on any atom is 0.307 e. The average Bonchev–Trinajstić information content (AvgIpc) is 2.88. The van der Waals surface area contributed by atoms with Gasteiger partial charge in [0.2, 0.25) is 5.91 Å². The molecule has 0 radical (unpaired) electrons. The Morgan fingerprint density at radius 2 is 1.76 bits per heavy atom. The van der Waals surface area contributed by atoms with Crippen LogP contribution in [0.1, 0.15) is 51.9 Å². The van der Waals surface area contributed by atoms with E-state index in [4.69, 9.17) is 0 Å². The minimum Gasteiger partial charge on any atom is -0.481 e. The fourth-order valence-corrected chi connectivity index (χ4v) is 3.95. The van der Waals surface area contributed by atoms with Crippen molar-refractivity contribution in [2.45, 2.75) is 51.9 Å². The number of aliphatic carboxylic acids is 1. The molecule has 2 saturated carbocycles. The third-order valence-electron chi connectivity index (χ3n) is 5.34. The van der Waals surface area contributed by atoms with E-state index in [1.165, 1.54) is 6.42 Å². The van der Waals surface area contributed by atoms with Gasteiger partial charge in [-0.3, -0.25) is 9.59 Å². The Morgan fingerprint density at radius 3 is 2.33 bits per heavy atom. The number of hydrogen-bond acceptors (Lipinski definition) is 3. The van der Waals surface area contributed by atoms with Crippen molar-refractivity contribution in [2.24, 2.45) is 23.2 Å². The molecule has 0 aromatic carbocycles. The summed E-state index contributed by atoms with van der Waals surface area (Å²) < 4.78 is 0. The Bertz CT molecular complexity index is 390. The van der Waals surface area contributed by atoms with Crippen LogP contribution in [0, 0.1) is 23.2 Å². The fraction of sp³-hybridized carbons (Fsp3) is 0.875. The summed E-state index contributed by atoms with van der Waals surface area (Å²) in [6.07, 6.45) is 6.48. The van der Waals surface area contributed by atoms with Crippen LogP contribution in [0.25, 0.3) is 0 Å². The normalized spacial score (nSPS) is 31.8. The SMILES string of the molecule is CC1C[C@H](C(=O)NCC2(CO)CCCCC2)[C@H](C(=O)O)C1. The molecule has 3 atom stereocenters. The van der Waals surface area contributed by atoms with Gasteiger partial charge in [-0.15, -0.1) is 0 Å². The monoisotopic (exact) mass is 297 g/mol. The molecule has 2 rings (SSSR count). The Morgan fingerprint density at radius 1 is 1.14 bits per heavy atom. The third-order valence-corrected chi connectivity index (χ3v) is 5.34. The van der Waals surface area contributed by atoms with Crippen LogP contribution in [-0.4, -0.2) is 35.2 Å². The number of rotatable bonds is 5. The number of aliphatic hydroxyl groups excluding tert-OH is 1. The molecule has 2 aliphatic carbocycles. The molecule has 1 amide bonds. The van der Waals surface area contributed by atoms with Crippen LogP contribution in [0.3, 0.4) is 0 Å². The number of carboxylic acids is 1. The average molecular weight is 297 g/mol. The Kier molecular flexibility index (Phi) is 5.25. The number of nitrogens with one attached hydrogen (secondary N) is 1. The summed E-state index contributed by atoms with van der Waals surface area (Å²) in [5.41, 5.74) is -0.198. The molecule has 0 aromatic rings. The lowest BCUT2D eigenvalue weighted by atomic mass is 9.74. The van der Waals surface area contributed by atoms with Crippen LogP contribution >= 0.6 is 0 Å². The predicted molar refractivity (Wildman–Crippen MR) is 78.6 cm³/mol. The van der Waals surface area contributed by atoms with Gasteiger partial charge in [0.1, 0.15) is 0 Å². The van der Waals surface area contributed by atoms with Crippen molar-refractivity contribution in [2.75, 3.05) is 13.2 Å². The van der Waals surface area contributed by atoms with Crippen molar-refractivity contribution in [1.29, 1.82) is 0 Å². The number of carbonyl (C=O) groups excluding carboxylic acids is 1. The number of hydrogen-bond donors (Lipinski definition) is 3. The van der Waals surface area contributed by atoms with Crippen molar-refractivity contribution >= 4 is 11.9 Å². The van der Waals surface area contributed by atoms with E-state index < -0.39 is 17.8 Å². The Labute approximate surface area is 126 Å². The van der Waals surface area contributed by atoms with E-state index in [-0.39, 0.29) is 23.8 Å². The fourth-order valence-electron chi connectivity index (χ4n) is 3.95. The highest BCUT2D eigenvalue weighted by Gasteiger charge is 2.42. The molecule has 1 unspecified atom stereocenters. The van der Waals surface area contributed by atoms with Gasteiger partial charge in [-0.05, 0) is 31.6 Å². The molecule has 3 N–H and O–H groups in total. The number of aliphatic hydroxyl groups is 1. The first kappa shape index (κ1) is 16.3. The molecule has 5 nitrogen and oxygen atoms in total. The predicted octanol–water partition coefficient (Wildman–Crippen LogP) is 1.79. The van der Waals surface area contributed by atoms with Crippen LogP contribution in [0.4, 0.5) is 0 Å². The van der Waals surface area contributed by atoms with E-state index in [0.29, 0.717) is 19.4 Å². The first-order chi connectivity index (χ1) is 9.97. The zero-order chi connectivity index (χ0) is 15.5. The van der Waals surface area contributed by atoms with Gasteiger partial charge >= 0.3 is 5.97 Å². The highest BCUT2D eigenvalue weighted by atomic mass is 16.4. The van der Waals surface area contributed by atoms with Crippen LogP contribution in [0.2, 0.25) is 0 Å². The van der Waals surface area contributed by atoms with E-state index in [1.54, 1.807) is 0 Å². The summed E-state index contributed by atoms with van der Waals surface area (Å²) in [6.45, 7) is 2.57. The topological polar surface area (TPSA) is 86.6 Å². The number of amides is 1. The molecule has 2 fully saturated rings. The molecule has 0 heterocycles. The van der Waals surface area contributed by atoms with E-state index in [9.17, 15) is 19.8 Å². The summed E-state index contributed by atoms with van der Waals surface area (Å²) in [5.74, 6) is -1.71. The van der Waals surface area contributed by atoms with E-state index in [1.807, 2.05) is 6.92 Å². The first-order valence-corrected chi connectivity index (χ1v) is 8.09. The molecular formula is C16H27NO4. The summed E-state index contributed by atoms with van der Waals surface area (Å²) in [4.78, 5) is 23.6. The molecule has 0 saturated heterocycles. The molecule has 0 bridgehead atoms. The minimum absolute atomic E-state index is 0.0940. The second kappa shape index (κ2) is 6.77. The molecule has 0 aromatic heterocycles. The summed E-state index contributed by atoms with van der Waals surface area (Å²) in [7, 11) is 0. The molecule has 5 heteroatoms.